The lowest BCUT2D eigenvalue weighted by molar-refractivity contribution is -0.138. The number of likely N-dealkylation sites (tertiary alicyclic amines) is 1. The highest BCUT2D eigenvalue weighted by molar-refractivity contribution is 5.85. The number of amides is 1. The first-order valence-corrected chi connectivity index (χ1v) is 7.65. The number of nitrogens with zero attached hydrogens (tertiary/aromatic N) is 3. The Morgan fingerprint density at radius 2 is 2.05 bits per heavy atom. The van der Waals surface area contributed by atoms with Crippen LogP contribution < -0.4 is 5.32 Å². The van der Waals surface area contributed by atoms with Gasteiger partial charge in [0.2, 0.25) is 5.91 Å². The smallest absolute Gasteiger partial charge is 0.222 e. The highest BCUT2D eigenvalue weighted by atomic mass is 35.5. The number of aromatic nitrogens is 2. The molecule has 1 N–H and O–H groups in total. The van der Waals surface area contributed by atoms with E-state index in [0.717, 1.165) is 45.6 Å². The zero-order valence-corrected chi connectivity index (χ0v) is 13.5. The zero-order chi connectivity index (χ0) is 14.0. The standard InChI is InChI=1S/C15H24N4O.ClH/c1-13-10-17-19(11-13)9-8-18-12-15(3-2-14(18)20)4-6-16-7-5-15;/h10-11,16H,2-9,12H2,1H3;1H. The van der Waals surface area contributed by atoms with Crippen LogP contribution in [-0.2, 0) is 11.3 Å². The summed E-state index contributed by atoms with van der Waals surface area (Å²) in [5.74, 6) is 0.318. The highest BCUT2D eigenvalue weighted by Crippen LogP contribution is 2.38. The molecule has 0 radical (unpaired) electrons. The number of hydrogen-bond donors (Lipinski definition) is 1. The summed E-state index contributed by atoms with van der Waals surface area (Å²) in [4.78, 5) is 14.2. The van der Waals surface area contributed by atoms with Crippen LogP contribution in [0.4, 0.5) is 0 Å². The first kappa shape index (κ1) is 16.3. The third kappa shape index (κ3) is 3.77. The van der Waals surface area contributed by atoms with Crippen LogP contribution in [0, 0.1) is 12.3 Å². The monoisotopic (exact) mass is 312 g/mol. The van der Waals surface area contributed by atoms with Crippen molar-refractivity contribution < 1.29 is 4.79 Å². The van der Waals surface area contributed by atoms with Crippen LogP contribution in [0.5, 0.6) is 0 Å². The molecule has 0 bridgehead atoms. The van der Waals surface area contributed by atoms with Crippen LogP contribution in [0.25, 0.3) is 0 Å². The van der Waals surface area contributed by atoms with E-state index in [1.807, 2.05) is 24.0 Å². The number of aryl methyl sites for hydroxylation is 1. The Labute approximate surface area is 132 Å². The Bertz CT molecular complexity index is 482. The molecule has 1 amide bonds. The fourth-order valence-electron chi connectivity index (χ4n) is 3.48. The van der Waals surface area contributed by atoms with Gasteiger partial charge in [-0.1, -0.05) is 0 Å². The summed E-state index contributed by atoms with van der Waals surface area (Å²) < 4.78 is 1.94. The Hall–Kier alpha value is -1.07. The van der Waals surface area contributed by atoms with Crippen molar-refractivity contribution in [2.75, 3.05) is 26.2 Å². The first-order valence-electron chi connectivity index (χ1n) is 7.65. The predicted octanol–water partition coefficient (Wildman–Crippen LogP) is 1.61. The van der Waals surface area contributed by atoms with E-state index >= 15 is 0 Å². The molecule has 0 atom stereocenters. The van der Waals surface area contributed by atoms with E-state index in [9.17, 15) is 4.79 Å². The van der Waals surface area contributed by atoms with Crippen molar-refractivity contribution in [3.63, 3.8) is 0 Å². The van der Waals surface area contributed by atoms with Crippen LogP contribution >= 0.6 is 12.4 Å². The molecule has 6 heteroatoms. The molecule has 1 aromatic heterocycles. The first-order chi connectivity index (χ1) is 9.67. The molecule has 2 fully saturated rings. The van der Waals surface area contributed by atoms with E-state index in [2.05, 4.69) is 15.3 Å². The number of carbonyl (C=O) groups excluding carboxylic acids is 1. The molecule has 5 nitrogen and oxygen atoms in total. The third-order valence-corrected chi connectivity index (χ3v) is 4.77. The largest absolute Gasteiger partial charge is 0.340 e. The maximum atomic E-state index is 12.1. The molecule has 0 unspecified atom stereocenters. The quantitative estimate of drug-likeness (QED) is 0.922. The predicted molar refractivity (Wildman–Crippen MR) is 84.6 cm³/mol. The van der Waals surface area contributed by atoms with Crippen molar-refractivity contribution in [1.82, 2.24) is 20.0 Å². The molecule has 2 saturated heterocycles. The Kier molecular flexibility index (Phi) is 5.27. The van der Waals surface area contributed by atoms with Crippen LogP contribution in [0.3, 0.4) is 0 Å². The lowest BCUT2D eigenvalue weighted by Crippen LogP contribution is -2.51. The average molecular weight is 313 g/mol. The summed E-state index contributed by atoms with van der Waals surface area (Å²) in [5.41, 5.74) is 1.55. The van der Waals surface area contributed by atoms with E-state index in [0.29, 0.717) is 11.3 Å². The van der Waals surface area contributed by atoms with Crippen molar-refractivity contribution in [1.29, 1.82) is 0 Å². The van der Waals surface area contributed by atoms with E-state index in [4.69, 9.17) is 0 Å². The van der Waals surface area contributed by atoms with Gasteiger partial charge >= 0.3 is 0 Å². The van der Waals surface area contributed by atoms with Crippen LogP contribution in [-0.4, -0.2) is 46.8 Å². The second-order valence-electron chi connectivity index (χ2n) is 6.35. The minimum atomic E-state index is 0. The number of rotatable bonds is 3. The summed E-state index contributed by atoms with van der Waals surface area (Å²) in [6.07, 6.45) is 8.11. The maximum Gasteiger partial charge on any atom is 0.222 e. The van der Waals surface area contributed by atoms with E-state index < -0.39 is 0 Å². The molecular weight excluding hydrogens is 288 g/mol. The average Bonchev–Trinajstić information content (AvgIpc) is 2.87. The van der Waals surface area contributed by atoms with Crippen molar-refractivity contribution in [3.8, 4) is 0 Å². The second-order valence-corrected chi connectivity index (χ2v) is 6.35. The fraction of sp³-hybridized carbons (Fsp3) is 0.733. The van der Waals surface area contributed by atoms with Gasteiger partial charge < -0.3 is 10.2 Å². The SMILES string of the molecule is Cc1cnn(CCN2CC3(CCNCC3)CCC2=O)c1.Cl. The van der Waals surface area contributed by atoms with Crippen molar-refractivity contribution in [2.45, 2.75) is 39.2 Å². The molecule has 1 aromatic rings. The summed E-state index contributed by atoms with van der Waals surface area (Å²) in [5, 5.41) is 7.72. The molecular formula is C15H25ClN4O. The Morgan fingerprint density at radius 3 is 2.71 bits per heavy atom. The molecule has 1 spiro atoms. The van der Waals surface area contributed by atoms with Gasteiger partial charge in [-0.05, 0) is 50.3 Å². The number of piperidine rings is 2. The summed E-state index contributed by atoms with van der Waals surface area (Å²) in [7, 11) is 0. The zero-order valence-electron chi connectivity index (χ0n) is 12.7. The molecule has 0 aliphatic carbocycles. The summed E-state index contributed by atoms with van der Waals surface area (Å²) >= 11 is 0. The van der Waals surface area contributed by atoms with Gasteiger partial charge in [0.25, 0.3) is 0 Å². The molecule has 2 aliphatic rings. The van der Waals surface area contributed by atoms with Crippen molar-refractivity contribution in [3.05, 3.63) is 18.0 Å². The Balaban J connectivity index is 0.00000161. The van der Waals surface area contributed by atoms with Crippen LogP contribution in [0.2, 0.25) is 0 Å². The maximum absolute atomic E-state index is 12.1. The van der Waals surface area contributed by atoms with Crippen LogP contribution in [0.15, 0.2) is 12.4 Å². The van der Waals surface area contributed by atoms with Gasteiger partial charge in [-0.15, -0.1) is 12.4 Å². The lowest BCUT2D eigenvalue weighted by Gasteiger charge is -2.45. The van der Waals surface area contributed by atoms with Crippen molar-refractivity contribution >= 4 is 18.3 Å². The minimum absolute atomic E-state index is 0. The van der Waals surface area contributed by atoms with Gasteiger partial charge in [-0.2, -0.15) is 5.10 Å². The van der Waals surface area contributed by atoms with Gasteiger partial charge in [0.05, 0.1) is 12.7 Å². The number of halogens is 1. The highest BCUT2D eigenvalue weighted by Gasteiger charge is 2.39. The number of hydrogen-bond acceptors (Lipinski definition) is 3. The molecule has 3 heterocycles. The lowest BCUT2D eigenvalue weighted by atomic mass is 9.73. The number of carbonyl (C=O) groups is 1. The second kappa shape index (κ2) is 6.79. The summed E-state index contributed by atoms with van der Waals surface area (Å²) in [6, 6.07) is 0. The molecule has 0 aromatic carbocycles. The molecule has 0 saturated carbocycles. The van der Waals surface area contributed by atoms with Gasteiger partial charge in [0, 0.05) is 25.7 Å². The molecule has 3 rings (SSSR count). The molecule has 2 aliphatic heterocycles. The third-order valence-electron chi connectivity index (χ3n) is 4.77. The summed E-state index contributed by atoms with van der Waals surface area (Å²) in [6.45, 7) is 6.76. The molecule has 118 valence electrons. The fourth-order valence-corrected chi connectivity index (χ4v) is 3.48. The van der Waals surface area contributed by atoms with E-state index in [1.165, 1.54) is 18.4 Å². The minimum Gasteiger partial charge on any atom is -0.340 e. The van der Waals surface area contributed by atoms with E-state index in [1.54, 1.807) is 0 Å². The number of nitrogens with one attached hydrogen (secondary N) is 1. The van der Waals surface area contributed by atoms with Crippen LogP contribution in [0.1, 0.15) is 31.2 Å². The Morgan fingerprint density at radius 1 is 1.29 bits per heavy atom. The van der Waals surface area contributed by atoms with Gasteiger partial charge in [0.15, 0.2) is 0 Å². The topological polar surface area (TPSA) is 50.2 Å². The van der Waals surface area contributed by atoms with Gasteiger partial charge in [-0.25, -0.2) is 0 Å². The van der Waals surface area contributed by atoms with E-state index in [-0.39, 0.29) is 12.4 Å². The van der Waals surface area contributed by atoms with Gasteiger partial charge in [0.1, 0.15) is 0 Å². The molecule has 21 heavy (non-hydrogen) atoms. The normalized spacial score (nSPS) is 21.4. The van der Waals surface area contributed by atoms with Crippen molar-refractivity contribution in [2.24, 2.45) is 5.41 Å². The van der Waals surface area contributed by atoms with Gasteiger partial charge in [-0.3, -0.25) is 9.48 Å².